The summed E-state index contributed by atoms with van der Waals surface area (Å²) < 4.78 is 2.66. The molecule has 5 rings (SSSR count). The Morgan fingerprint density at radius 1 is 0.730 bits per heavy atom. The fraction of sp³-hybridized carbons (Fsp3) is 0.111. The van der Waals surface area contributed by atoms with Crippen molar-refractivity contribution in [1.29, 1.82) is 0 Å². The van der Waals surface area contributed by atoms with Crippen molar-refractivity contribution in [2.45, 2.75) is 19.8 Å². The van der Waals surface area contributed by atoms with Crippen molar-refractivity contribution < 1.29 is 10.0 Å². The van der Waals surface area contributed by atoms with E-state index in [1.165, 1.54) is 21.5 Å². The van der Waals surface area contributed by atoms with Gasteiger partial charge in [0.25, 0.3) is 16.8 Å². The van der Waals surface area contributed by atoms with Gasteiger partial charge in [-0.05, 0) is 49.4 Å². The third kappa shape index (κ3) is 3.94. The molecule has 0 fully saturated rings. The minimum atomic E-state index is -1.16. The van der Waals surface area contributed by atoms with E-state index in [9.17, 15) is 24.8 Å². The van der Waals surface area contributed by atoms with E-state index in [0.717, 1.165) is 6.07 Å². The number of para-hydroxylation sites is 3. The standard InChI is InChI=1S/C27H23N5O5/c1-16-22(26(34)30(28-16)18-10-5-3-6-11-18)24(20-14-9-15-21(25(20)33)32(36)37)23-17(2)29-31(27(23)35)19-12-7-4-8-13-19/h3-15,24,28-29,33H,1-2H3/p-1. The van der Waals surface area contributed by atoms with Crippen molar-refractivity contribution in [2.75, 3.05) is 0 Å². The van der Waals surface area contributed by atoms with Crippen LogP contribution in [0.5, 0.6) is 5.75 Å². The van der Waals surface area contributed by atoms with Crippen molar-refractivity contribution in [3.63, 3.8) is 0 Å². The van der Waals surface area contributed by atoms with Crippen LogP contribution in [-0.4, -0.2) is 24.5 Å². The smallest absolute Gasteiger partial charge is 0.275 e. The SMILES string of the molecule is Cc1[nH]n(-c2ccccc2)c(=O)c1C(c1cccc([N+](=O)[O-])c1[O-])c1c(C)[nH]n(-c2ccccc2)c1=O. The van der Waals surface area contributed by atoms with E-state index in [1.807, 2.05) is 12.1 Å². The zero-order valence-corrected chi connectivity index (χ0v) is 20.0. The summed E-state index contributed by atoms with van der Waals surface area (Å²) in [6.45, 7) is 3.34. The zero-order chi connectivity index (χ0) is 26.3. The lowest BCUT2D eigenvalue weighted by Crippen LogP contribution is -2.26. The quantitative estimate of drug-likeness (QED) is 0.274. The second-order valence-electron chi connectivity index (χ2n) is 8.64. The molecule has 0 unspecified atom stereocenters. The first-order valence-corrected chi connectivity index (χ1v) is 11.5. The molecule has 0 amide bonds. The van der Waals surface area contributed by atoms with E-state index < -0.39 is 33.4 Å². The van der Waals surface area contributed by atoms with Crippen LogP contribution in [0.25, 0.3) is 11.4 Å². The van der Waals surface area contributed by atoms with Crippen LogP contribution in [0.3, 0.4) is 0 Å². The normalized spacial score (nSPS) is 11.2. The third-order valence-electron chi connectivity index (χ3n) is 6.37. The number of benzene rings is 3. The summed E-state index contributed by atoms with van der Waals surface area (Å²) in [6.07, 6.45) is 0. The van der Waals surface area contributed by atoms with Gasteiger partial charge in [0.15, 0.2) is 0 Å². The molecule has 10 nitrogen and oxygen atoms in total. The van der Waals surface area contributed by atoms with Gasteiger partial charge in [-0.2, -0.15) is 0 Å². The summed E-state index contributed by atoms with van der Waals surface area (Å²) in [4.78, 5) is 38.4. The van der Waals surface area contributed by atoms with E-state index >= 15 is 0 Å². The average Bonchev–Trinajstić information content (AvgIpc) is 3.36. The molecule has 0 saturated heterocycles. The molecule has 0 aliphatic heterocycles. The van der Waals surface area contributed by atoms with Gasteiger partial charge in [-0.25, -0.2) is 9.36 Å². The molecule has 37 heavy (non-hydrogen) atoms. The van der Waals surface area contributed by atoms with Crippen LogP contribution >= 0.6 is 0 Å². The van der Waals surface area contributed by atoms with Crippen molar-refractivity contribution in [3.8, 4) is 17.1 Å². The topological polar surface area (TPSA) is 142 Å². The van der Waals surface area contributed by atoms with Gasteiger partial charge in [0.2, 0.25) is 0 Å². The second kappa shape index (κ2) is 9.15. The fourth-order valence-corrected chi connectivity index (χ4v) is 4.69. The third-order valence-corrected chi connectivity index (χ3v) is 6.37. The summed E-state index contributed by atoms with van der Waals surface area (Å²) in [7, 11) is 0. The fourth-order valence-electron chi connectivity index (χ4n) is 4.69. The summed E-state index contributed by atoms with van der Waals surface area (Å²) in [5, 5.41) is 31.0. The molecule has 10 heteroatoms. The summed E-state index contributed by atoms with van der Waals surface area (Å²) in [5.41, 5.74) is 0.693. The highest BCUT2D eigenvalue weighted by molar-refractivity contribution is 5.57. The molecule has 0 aliphatic carbocycles. The molecular formula is C27H22N5O5-. The number of aryl methyl sites for hydroxylation is 2. The van der Waals surface area contributed by atoms with E-state index in [1.54, 1.807) is 62.4 Å². The summed E-state index contributed by atoms with van der Waals surface area (Å²) >= 11 is 0. The number of nitrogens with one attached hydrogen (secondary N) is 2. The first-order chi connectivity index (χ1) is 17.8. The van der Waals surface area contributed by atoms with Gasteiger partial charge in [0.1, 0.15) is 0 Å². The number of H-pyrrole nitrogens is 2. The number of nitro groups is 1. The van der Waals surface area contributed by atoms with Crippen LogP contribution in [-0.2, 0) is 0 Å². The molecule has 0 aliphatic rings. The molecule has 186 valence electrons. The maximum absolute atomic E-state index is 13.8. The van der Waals surface area contributed by atoms with Crippen molar-refractivity contribution >= 4 is 5.69 Å². The maximum atomic E-state index is 13.8. The largest absolute Gasteiger partial charge is 0.868 e. The Labute approximate surface area is 210 Å². The van der Waals surface area contributed by atoms with Gasteiger partial charge in [0.05, 0.1) is 27.4 Å². The van der Waals surface area contributed by atoms with E-state index in [0.29, 0.717) is 22.8 Å². The maximum Gasteiger partial charge on any atom is 0.275 e. The molecular weight excluding hydrogens is 474 g/mol. The molecule has 5 aromatic rings. The Hall–Kier alpha value is -5.12. The molecule has 2 heterocycles. The van der Waals surface area contributed by atoms with Crippen LogP contribution in [0.4, 0.5) is 5.69 Å². The first kappa shape index (κ1) is 23.6. The van der Waals surface area contributed by atoms with Gasteiger partial charge in [0, 0.05) is 23.4 Å². The highest BCUT2D eigenvalue weighted by Crippen LogP contribution is 2.39. The van der Waals surface area contributed by atoms with E-state index in [2.05, 4.69) is 10.2 Å². The Kier molecular flexibility index (Phi) is 5.84. The Morgan fingerprint density at radius 3 is 1.62 bits per heavy atom. The molecule has 0 saturated carbocycles. The number of hydrogen-bond acceptors (Lipinski definition) is 5. The Bertz CT molecular complexity index is 1630. The van der Waals surface area contributed by atoms with Crippen LogP contribution in [0.15, 0.2) is 88.5 Å². The molecule has 2 N–H and O–H groups in total. The number of rotatable bonds is 6. The number of aromatic nitrogens is 4. The number of nitro benzene ring substituents is 1. The number of nitrogens with zero attached hydrogens (tertiary/aromatic N) is 3. The van der Waals surface area contributed by atoms with Gasteiger partial charge in [-0.3, -0.25) is 29.9 Å². The van der Waals surface area contributed by atoms with Gasteiger partial charge in [-0.1, -0.05) is 48.5 Å². The van der Waals surface area contributed by atoms with Crippen LogP contribution in [0, 0.1) is 24.0 Å². The van der Waals surface area contributed by atoms with E-state index in [4.69, 9.17) is 0 Å². The molecule has 0 bridgehead atoms. The summed E-state index contributed by atoms with van der Waals surface area (Å²) in [5.74, 6) is -2.01. The monoisotopic (exact) mass is 496 g/mol. The van der Waals surface area contributed by atoms with Crippen molar-refractivity contribution in [1.82, 2.24) is 19.6 Å². The first-order valence-electron chi connectivity index (χ1n) is 11.5. The lowest BCUT2D eigenvalue weighted by atomic mass is 9.84. The molecule has 0 radical (unpaired) electrons. The van der Waals surface area contributed by atoms with Crippen LogP contribution < -0.4 is 16.2 Å². The molecule has 0 spiro atoms. The summed E-state index contributed by atoms with van der Waals surface area (Å²) in [6, 6.07) is 21.6. The zero-order valence-electron chi connectivity index (χ0n) is 20.0. The highest BCUT2D eigenvalue weighted by Gasteiger charge is 2.32. The number of aromatic amines is 2. The van der Waals surface area contributed by atoms with E-state index in [-0.39, 0.29) is 16.7 Å². The van der Waals surface area contributed by atoms with Gasteiger partial charge in [-0.15, -0.1) is 0 Å². The minimum Gasteiger partial charge on any atom is -0.868 e. The Morgan fingerprint density at radius 2 is 1.19 bits per heavy atom. The minimum absolute atomic E-state index is 0.0342. The Balaban J connectivity index is 1.83. The van der Waals surface area contributed by atoms with Crippen LogP contribution in [0.1, 0.15) is 34.0 Å². The lowest BCUT2D eigenvalue weighted by molar-refractivity contribution is -0.398. The second-order valence-corrected chi connectivity index (χ2v) is 8.64. The predicted octanol–water partition coefficient (Wildman–Crippen LogP) is 3.42. The average molecular weight is 497 g/mol. The van der Waals surface area contributed by atoms with Gasteiger partial charge < -0.3 is 5.11 Å². The number of hydrogen-bond donors (Lipinski definition) is 2. The highest BCUT2D eigenvalue weighted by atomic mass is 16.6. The van der Waals surface area contributed by atoms with Gasteiger partial charge >= 0.3 is 0 Å². The molecule has 2 aromatic heterocycles. The predicted molar refractivity (Wildman–Crippen MR) is 136 cm³/mol. The molecule has 0 atom stereocenters. The molecule has 3 aromatic carbocycles. The van der Waals surface area contributed by atoms with Crippen molar-refractivity contribution in [2.24, 2.45) is 0 Å². The van der Waals surface area contributed by atoms with Crippen molar-refractivity contribution in [3.05, 3.63) is 138 Å². The van der Waals surface area contributed by atoms with Crippen LogP contribution in [0.2, 0.25) is 0 Å². The lowest BCUT2D eigenvalue weighted by Gasteiger charge is -2.21.